The van der Waals surface area contributed by atoms with Gasteiger partial charge in [-0.15, -0.1) is 11.8 Å². The van der Waals surface area contributed by atoms with Crippen LogP contribution in [0.5, 0.6) is 11.5 Å². The first-order valence-corrected chi connectivity index (χ1v) is 11.7. The van der Waals surface area contributed by atoms with Gasteiger partial charge in [0.15, 0.2) is 11.7 Å². The van der Waals surface area contributed by atoms with Crippen LogP contribution in [0.25, 0.3) is 11.3 Å². The molecule has 2 aromatic rings. The van der Waals surface area contributed by atoms with E-state index < -0.39 is 17.6 Å². The Bertz CT molecular complexity index is 1130. The summed E-state index contributed by atoms with van der Waals surface area (Å²) in [6.45, 7) is 4.62. The van der Waals surface area contributed by atoms with Crippen molar-refractivity contribution in [3.63, 3.8) is 0 Å². The van der Waals surface area contributed by atoms with Crippen LogP contribution in [0, 0.1) is 0 Å². The predicted octanol–water partition coefficient (Wildman–Crippen LogP) is 5.26. The molecule has 10 heteroatoms. The Morgan fingerprint density at radius 3 is 2.79 bits per heavy atom. The highest BCUT2D eigenvalue weighted by Gasteiger charge is 2.29. The van der Waals surface area contributed by atoms with E-state index in [-0.39, 0.29) is 5.56 Å². The van der Waals surface area contributed by atoms with Gasteiger partial charge in [0.2, 0.25) is 0 Å². The van der Waals surface area contributed by atoms with Gasteiger partial charge >= 0.3 is 5.97 Å². The summed E-state index contributed by atoms with van der Waals surface area (Å²) in [6, 6.07) is 4.76. The second-order valence-electron chi connectivity index (χ2n) is 6.90. The van der Waals surface area contributed by atoms with Crippen LogP contribution in [-0.4, -0.2) is 43.7 Å². The lowest BCUT2D eigenvalue weighted by atomic mass is 10.1. The number of hydrogen-bond donors (Lipinski definition) is 0. The molecule has 0 saturated carbocycles. The first kappa shape index (κ1) is 25.2. The molecule has 0 saturated heterocycles. The van der Waals surface area contributed by atoms with Gasteiger partial charge in [0.25, 0.3) is 0 Å². The molecule has 7 nitrogen and oxygen atoms in total. The first-order valence-electron chi connectivity index (χ1n) is 9.97. The number of ether oxygens (including phenoxy) is 4. The number of carbonyl (C=O) groups is 1. The van der Waals surface area contributed by atoms with Crippen molar-refractivity contribution in [1.29, 1.82) is 0 Å². The van der Waals surface area contributed by atoms with Crippen LogP contribution in [-0.2, 0) is 9.47 Å². The molecule has 3 rings (SSSR count). The van der Waals surface area contributed by atoms with Crippen molar-refractivity contribution in [3.05, 3.63) is 68.3 Å². The maximum absolute atomic E-state index is 12.6. The molecule has 0 fully saturated rings. The number of methoxy groups -OCH3 is 2. The number of nitrogens with zero attached hydrogens (tertiary/aromatic N) is 1. The molecule has 0 N–H and O–H groups in total. The summed E-state index contributed by atoms with van der Waals surface area (Å²) in [5.74, 6) is 0.631. The van der Waals surface area contributed by atoms with E-state index in [2.05, 4.69) is 6.58 Å². The summed E-state index contributed by atoms with van der Waals surface area (Å²) in [4.78, 5) is 24.7. The molecular weight excluding hydrogens is 489 g/mol. The minimum Gasteiger partial charge on any atom is -0.492 e. The van der Waals surface area contributed by atoms with Gasteiger partial charge in [-0.1, -0.05) is 35.9 Å². The van der Waals surface area contributed by atoms with E-state index in [0.717, 1.165) is 0 Å². The van der Waals surface area contributed by atoms with Gasteiger partial charge in [0.1, 0.15) is 17.1 Å². The molecule has 1 atom stereocenters. The third kappa shape index (κ3) is 5.95. The topological polar surface area (TPSA) is 76.0 Å². The molecule has 1 aromatic carbocycles. The zero-order valence-corrected chi connectivity index (χ0v) is 20.5. The minimum absolute atomic E-state index is 0.0970. The van der Waals surface area contributed by atoms with Crippen molar-refractivity contribution in [2.75, 3.05) is 33.2 Å². The number of benzene rings is 1. The van der Waals surface area contributed by atoms with Gasteiger partial charge in [-0.3, -0.25) is 4.79 Å². The molecule has 176 valence electrons. The van der Waals surface area contributed by atoms with Crippen LogP contribution in [0.3, 0.4) is 0 Å². The fourth-order valence-electron chi connectivity index (χ4n) is 3.20. The van der Waals surface area contributed by atoms with E-state index in [4.69, 9.17) is 42.1 Å². The number of pyridine rings is 1. The molecular formula is C23H23Cl2NO6S. The smallest absolute Gasteiger partial charge is 0.343 e. The standard InChI is InChI=1S/C23H23Cl2NO6S/c1-4-6-21(25)33-13-22-26-12-15(23(28)30-3)18(27)10-17(26)14-9-16(24)20(11-19(14)32-22)31-8-5-7-29-2/h4,6,9-12,22H,1,5,7-8,13H2,2-3H3/b21-6-/t22-/m1/s1. The lowest BCUT2D eigenvalue weighted by molar-refractivity contribution is 0.0596. The van der Waals surface area contributed by atoms with Crippen molar-refractivity contribution in [3.8, 4) is 22.8 Å². The van der Waals surface area contributed by atoms with E-state index in [9.17, 15) is 9.59 Å². The minimum atomic E-state index is -0.727. The highest BCUT2D eigenvalue weighted by atomic mass is 35.5. The molecule has 1 aromatic heterocycles. The summed E-state index contributed by atoms with van der Waals surface area (Å²) in [6.07, 6.45) is 4.82. The molecule has 0 unspecified atom stereocenters. The SMILES string of the molecule is C=C/C=C(/Cl)SC[C@H]1Oc2cc(OCCCOC)c(Cl)cc2-c2cc(=O)c(C(=O)OC)cn21. The Hall–Kier alpha value is -2.39. The van der Waals surface area contributed by atoms with E-state index in [1.54, 1.807) is 36.0 Å². The number of carbonyl (C=O) groups excluding carboxylic acids is 1. The van der Waals surface area contributed by atoms with Gasteiger partial charge in [0, 0.05) is 44.0 Å². The second kappa shape index (κ2) is 11.7. The number of aromatic nitrogens is 1. The number of esters is 1. The zero-order valence-electron chi connectivity index (χ0n) is 18.1. The molecule has 1 aliphatic heterocycles. The van der Waals surface area contributed by atoms with Crippen LogP contribution in [0.1, 0.15) is 23.0 Å². The summed E-state index contributed by atoms with van der Waals surface area (Å²) < 4.78 is 24.0. The maximum atomic E-state index is 12.6. The van der Waals surface area contributed by atoms with Gasteiger partial charge < -0.3 is 23.5 Å². The van der Waals surface area contributed by atoms with Crippen molar-refractivity contribution in [2.45, 2.75) is 12.6 Å². The number of fused-ring (bicyclic) bond motifs is 3. The van der Waals surface area contributed by atoms with Gasteiger partial charge in [-0.2, -0.15) is 0 Å². The Morgan fingerprint density at radius 2 is 2.09 bits per heavy atom. The van der Waals surface area contributed by atoms with E-state index in [1.807, 2.05) is 0 Å². The van der Waals surface area contributed by atoms with Gasteiger partial charge in [-0.05, 0) is 12.1 Å². The monoisotopic (exact) mass is 511 g/mol. The third-order valence-corrected chi connectivity index (χ3v) is 6.34. The summed E-state index contributed by atoms with van der Waals surface area (Å²) >= 11 is 14.0. The Labute approximate surface area is 205 Å². The third-order valence-electron chi connectivity index (χ3n) is 4.73. The molecule has 0 aliphatic carbocycles. The Morgan fingerprint density at radius 1 is 1.30 bits per heavy atom. The number of hydrogen-bond acceptors (Lipinski definition) is 7. The van der Waals surface area contributed by atoms with Crippen molar-refractivity contribution < 1.29 is 23.7 Å². The molecule has 33 heavy (non-hydrogen) atoms. The number of thioether (sulfide) groups is 1. The van der Waals surface area contributed by atoms with Crippen LogP contribution in [0.15, 0.2) is 52.3 Å². The normalized spacial score (nSPS) is 14.7. The largest absolute Gasteiger partial charge is 0.492 e. The Balaban J connectivity index is 2.03. The maximum Gasteiger partial charge on any atom is 0.343 e. The van der Waals surface area contributed by atoms with Crippen LogP contribution in [0.4, 0.5) is 0 Å². The summed E-state index contributed by atoms with van der Waals surface area (Å²) in [7, 11) is 2.85. The molecule has 0 bridgehead atoms. The summed E-state index contributed by atoms with van der Waals surface area (Å²) in [5.41, 5.74) is 0.594. The van der Waals surface area contributed by atoms with E-state index in [1.165, 1.54) is 31.1 Å². The highest BCUT2D eigenvalue weighted by Crippen LogP contribution is 2.44. The van der Waals surface area contributed by atoms with Crippen LogP contribution < -0.4 is 14.9 Å². The number of rotatable bonds is 10. The number of halogens is 2. The van der Waals surface area contributed by atoms with Crippen molar-refractivity contribution >= 4 is 40.9 Å². The lowest BCUT2D eigenvalue weighted by Crippen LogP contribution is -2.28. The quantitative estimate of drug-likeness (QED) is 0.244. The van der Waals surface area contributed by atoms with Crippen molar-refractivity contribution in [2.24, 2.45) is 0 Å². The fraction of sp³-hybridized carbons (Fsp3) is 0.304. The predicted molar refractivity (Wildman–Crippen MR) is 131 cm³/mol. The second-order valence-corrected chi connectivity index (χ2v) is 9.00. The summed E-state index contributed by atoms with van der Waals surface area (Å²) in [5, 5.41) is 0.371. The molecule has 2 heterocycles. The number of allylic oxidation sites excluding steroid dienone is 2. The molecule has 1 aliphatic rings. The van der Waals surface area contributed by atoms with Gasteiger partial charge in [0.05, 0.1) is 34.6 Å². The molecule has 0 spiro atoms. The fourth-order valence-corrected chi connectivity index (χ4v) is 4.42. The van der Waals surface area contributed by atoms with E-state index >= 15 is 0 Å². The Kier molecular flexibility index (Phi) is 8.91. The van der Waals surface area contributed by atoms with Crippen LogP contribution >= 0.6 is 35.0 Å². The lowest BCUT2D eigenvalue weighted by Gasteiger charge is -2.31. The van der Waals surface area contributed by atoms with Crippen LogP contribution in [0.2, 0.25) is 5.02 Å². The van der Waals surface area contributed by atoms with Gasteiger partial charge in [-0.25, -0.2) is 4.79 Å². The van der Waals surface area contributed by atoms with E-state index in [0.29, 0.717) is 57.5 Å². The highest BCUT2D eigenvalue weighted by molar-refractivity contribution is 8.04. The average Bonchev–Trinajstić information content (AvgIpc) is 2.80. The molecule has 0 amide bonds. The van der Waals surface area contributed by atoms with Crippen molar-refractivity contribution in [1.82, 2.24) is 4.57 Å². The first-order chi connectivity index (χ1) is 15.9. The average molecular weight is 512 g/mol. The molecule has 0 radical (unpaired) electrons. The zero-order chi connectivity index (χ0) is 24.0.